The molecule has 0 aromatic heterocycles. The highest BCUT2D eigenvalue weighted by atomic mass is 16.5. The van der Waals surface area contributed by atoms with E-state index in [1.165, 1.54) is 12.8 Å². The van der Waals surface area contributed by atoms with Crippen LogP contribution in [-0.2, 0) is 14.3 Å². The van der Waals surface area contributed by atoms with Gasteiger partial charge in [0.1, 0.15) is 6.61 Å². The highest BCUT2D eigenvalue weighted by molar-refractivity contribution is 5.94. The van der Waals surface area contributed by atoms with Crippen molar-refractivity contribution in [2.24, 2.45) is 5.92 Å². The van der Waals surface area contributed by atoms with Gasteiger partial charge in [-0.1, -0.05) is 32.8 Å². The second kappa shape index (κ2) is 8.67. The third-order valence-electron chi connectivity index (χ3n) is 4.09. The molecule has 2 rings (SSSR count). The maximum Gasteiger partial charge on any atom is 0.250 e. The molecule has 1 aromatic carbocycles. The molecule has 0 aliphatic heterocycles. The Morgan fingerprint density at radius 3 is 2.52 bits per heavy atom. The summed E-state index contributed by atoms with van der Waals surface area (Å²) < 4.78 is 5.72. The number of carbonyl (C=O) groups is 2. The summed E-state index contributed by atoms with van der Waals surface area (Å²) in [6.45, 7) is 4.10. The van der Waals surface area contributed by atoms with Crippen molar-refractivity contribution in [1.82, 2.24) is 0 Å². The lowest BCUT2D eigenvalue weighted by molar-refractivity contribution is -0.123. The second-order valence-corrected chi connectivity index (χ2v) is 6.24. The van der Waals surface area contributed by atoms with Gasteiger partial charge in [0, 0.05) is 17.8 Å². The van der Waals surface area contributed by atoms with Crippen LogP contribution < -0.4 is 10.6 Å². The van der Waals surface area contributed by atoms with Crippen LogP contribution in [0.5, 0.6) is 0 Å². The van der Waals surface area contributed by atoms with Gasteiger partial charge in [0.05, 0.1) is 6.10 Å². The van der Waals surface area contributed by atoms with Gasteiger partial charge in [-0.25, -0.2) is 0 Å². The first-order valence-electron chi connectivity index (χ1n) is 8.38. The number of ether oxygens (including phenoxy) is 1. The summed E-state index contributed by atoms with van der Waals surface area (Å²) in [5.41, 5.74) is 1.33. The maximum absolute atomic E-state index is 12.0. The molecule has 1 aromatic rings. The molecule has 5 heteroatoms. The molecule has 2 atom stereocenters. The molecule has 2 amide bonds. The Morgan fingerprint density at radius 2 is 1.87 bits per heavy atom. The summed E-state index contributed by atoms with van der Waals surface area (Å²) in [5.74, 6) is 0.459. The summed E-state index contributed by atoms with van der Waals surface area (Å²) >= 11 is 0. The molecule has 1 saturated carbocycles. The first-order valence-corrected chi connectivity index (χ1v) is 8.38. The van der Waals surface area contributed by atoms with Crippen molar-refractivity contribution < 1.29 is 14.3 Å². The van der Waals surface area contributed by atoms with Crippen LogP contribution in [0.3, 0.4) is 0 Å². The van der Waals surface area contributed by atoms with E-state index in [0.29, 0.717) is 23.7 Å². The molecule has 23 heavy (non-hydrogen) atoms. The molecule has 1 aliphatic carbocycles. The molecular formula is C18H26N2O3. The highest BCUT2D eigenvalue weighted by Gasteiger charge is 2.20. The zero-order valence-corrected chi connectivity index (χ0v) is 13.9. The fourth-order valence-electron chi connectivity index (χ4n) is 2.84. The Balaban J connectivity index is 1.80. The predicted molar refractivity (Wildman–Crippen MR) is 91.4 cm³/mol. The lowest BCUT2D eigenvalue weighted by Gasteiger charge is -2.26. The Hall–Kier alpha value is -1.88. The van der Waals surface area contributed by atoms with Crippen LogP contribution in [0.4, 0.5) is 11.4 Å². The monoisotopic (exact) mass is 318 g/mol. The quantitative estimate of drug-likeness (QED) is 0.842. The van der Waals surface area contributed by atoms with E-state index < -0.39 is 0 Å². The molecule has 5 nitrogen and oxygen atoms in total. The molecule has 0 unspecified atom stereocenters. The standard InChI is InChI=1S/C18H26N2O3/c1-3-17(21)19-14-7-5-8-15(11-14)20-18(22)12-23-16-9-4-6-13(2)10-16/h5,7-8,11,13,16H,3-4,6,9-10,12H2,1-2H3,(H,19,21)(H,20,22)/t13-,16+/m0/s1. The Kier molecular flexibility index (Phi) is 6.59. The Labute approximate surface area is 137 Å². The highest BCUT2D eigenvalue weighted by Crippen LogP contribution is 2.25. The van der Waals surface area contributed by atoms with Gasteiger partial charge in [-0.05, 0) is 37.0 Å². The molecule has 0 spiro atoms. The van der Waals surface area contributed by atoms with Gasteiger partial charge in [0.25, 0.3) is 0 Å². The summed E-state index contributed by atoms with van der Waals surface area (Å²) in [5, 5.41) is 5.58. The minimum Gasteiger partial charge on any atom is -0.368 e. The first-order chi connectivity index (χ1) is 11.1. The second-order valence-electron chi connectivity index (χ2n) is 6.24. The lowest BCUT2D eigenvalue weighted by atomic mass is 9.89. The third kappa shape index (κ3) is 6.02. The molecule has 0 saturated heterocycles. The van der Waals surface area contributed by atoms with Crippen molar-refractivity contribution in [3.05, 3.63) is 24.3 Å². The van der Waals surface area contributed by atoms with Crippen LogP contribution in [0.25, 0.3) is 0 Å². The zero-order valence-electron chi connectivity index (χ0n) is 13.9. The molecule has 0 bridgehead atoms. The smallest absolute Gasteiger partial charge is 0.250 e. The van der Waals surface area contributed by atoms with E-state index >= 15 is 0 Å². The van der Waals surface area contributed by atoms with Crippen LogP contribution in [0.2, 0.25) is 0 Å². The van der Waals surface area contributed by atoms with Gasteiger partial charge in [-0.2, -0.15) is 0 Å². The van der Waals surface area contributed by atoms with Crippen LogP contribution in [-0.4, -0.2) is 24.5 Å². The number of amides is 2. The average molecular weight is 318 g/mol. The lowest BCUT2D eigenvalue weighted by Crippen LogP contribution is -2.27. The summed E-state index contributed by atoms with van der Waals surface area (Å²) in [4.78, 5) is 23.4. The summed E-state index contributed by atoms with van der Waals surface area (Å²) in [6, 6.07) is 7.13. The molecule has 0 heterocycles. The topological polar surface area (TPSA) is 67.4 Å². The predicted octanol–water partition coefficient (Wildman–Crippen LogP) is 3.57. The van der Waals surface area contributed by atoms with Crippen molar-refractivity contribution in [2.75, 3.05) is 17.2 Å². The molecule has 1 fully saturated rings. The first kappa shape index (κ1) is 17.5. The number of hydrogen-bond donors (Lipinski definition) is 2. The largest absolute Gasteiger partial charge is 0.368 e. The van der Waals surface area contributed by atoms with Gasteiger partial charge >= 0.3 is 0 Å². The van der Waals surface area contributed by atoms with Crippen LogP contribution in [0, 0.1) is 5.92 Å². The molecule has 126 valence electrons. The van der Waals surface area contributed by atoms with Crippen molar-refractivity contribution in [3.8, 4) is 0 Å². The molecule has 2 N–H and O–H groups in total. The Morgan fingerprint density at radius 1 is 1.17 bits per heavy atom. The molecule has 0 radical (unpaired) electrons. The van der Waals surface area contributed by atoms with E-state index in [2.05, 4.69) is 17.6 Å². The van der Waals surface area contributed by atoms with Crippen molar-refractivity contribution in [3.63, 3.8) is 0 Å². The fourth-order valence-corrected chi connectivity index (χ4v) is 2.84. The average Bonchev–Trinajstić information content (AvgIpc) is 2.53. The van der Waals surface area contributed by atoms with Gasteiger partial charge < -0.3 is 15.4 Å². The molecular weight excluding hydrogens is 292 g/mol. The van der Waals surface area contributed by atoms with Gasteiger partial charge in [0.2, 0.25) is 11.8 Å². The van der Waals surface area contributed by atoms with E-state index in [4.69, 9.17) is 4.74 Å². The van der Waals surface area contributed by atoms with Gasteiger partial charge in [-0.15, -0.1) is 0 Å². The van der Waals surface area contributed by atoms with E-state index in [9.17, 15) is 9.59 Å². The fraction of sp³-hybridized carbons (Fsp3) is 0.556. The van der Waals surface area contributed by atoms with Gasteiger partial charge in [-0.3, -0.25) is 9.59 Å². The number of benzene rings is 1. The minimum absolute atomic E-state index is 0.0526. The zero-order chi connectivity index (χ0) is 16.7. The van der Waals surface area contributed by atoms with E-state index in [0.717, 1.165) is 12.8 Å². The number of nitrogens with one attached hydrogen (secondary N) is 2. The van der Waals surface area contributed by atoms with E-state index in [1.807, 2.05) is 0 Å². The number of carbonyl (C=O) groups excluding carboxylic acids is 2. The van der Waals surface area contributed by atoms with E-state index in [-0.39, 0.29) is 24.5 Å². The number of anilines is 2. The van der Waals surface area contributed by atoms with Crippen LogP contribution >= 0.6 is 0 Å². The van der Waals surface area contributed by atoms with Crippen LogP contribution in [0.1, 0.15) is 46.0 Å². The normalized spacial score (nSPS) is 20.8. The van der Waals surface area contributed by atoms with Crippen molar-refractivity contribution >= 4 is 23.2 Å². The van der Waals surface area contributed by atoms with Crippen molar-refractivity contribution in [1.29, 1.82) is 0 Å². The van der Waals surface area contributed by atoms with Crippen LogP contribution in [0.15, 0.2) is 24.3 Å². The van der Waals surface area contributed by atoms with Gasteiger partial charge in [0.15, 0.2) is 0 Å². The number of rotatable bonds is 6. The van der Waals surface area contributed by atoms with Crippen molar-refractivity contribution in [2.45, 2.75) is 52.1 Å². The summed E-state index contributed by atoms with van der Waals surface area (Å²) in [6.07, 6.45) is 5.11. The third-order valence-corrected chi connectivity index (χ3v) is 4.09. The minimum atomic E-state index is -0.165. The molecule has 1 aliphatic rings. The number of hydrogen-bond acceptors (Lipinski definition) is 3. The SMILES string of the molecule is CCC(=O)Nc1cccc(NC(=O)CO[C@@H]2CCC[C@H](C)C2)c1. The Bertz CT molecular complexity index is 545. The maximum atomic E-state index is 12.0. The van der Waals surface area contributed by atoms with E-state index in [1.54, 1.807) is 31.2 Å². The summed E-state index contributed by atoms with van der Waals surface area (Å²) in [7, 11) is 0.